The zero-order valence-electron chi connectivity index (χ0n) is 15.5. The van der Waals surface area contributed by atoms with Gasteiger partial charge in [-0.3, -0.25) is 4.99 Å². The van der Waals surface area contributed by atoms with Gasteiger partial charge in [0.25, 0.3) is 0 Å². The number of aliphatic imine (C=N–C) groups is 1. The van der Waals surface area contributed by atoms with E-state index in [0.717, 1.165) is 36.7 Å². The molecule has 0 spiro atoms. The van der Waals surface area contributed by atoms with Crippen LogP contribution < -0.4 is 10.6 Å². The van der Waals surface area contributed by atoms with Crippen molar-refractivity contribution >= 4 is 17.6 Å². The van der Waals surface area contributed by atoms with Gasteiger partial charge in [0.15, 0.2) is 5.96 Å². The fourth-order valence-electron chi connectivity index (χ4n) is 3.10. The molecule has 4 rings (SSSR count). The minimum absolute atomic E-state index is 0.264. The Morgan fingerprint density at radius 3 is 3.04 bits per heavy atom. The highest BCUT2D eigenvalue weighted by Gasteiger charge is 2.20. The molecule has 1 atom stereocenters. The van der Waals surface area contributed by atoms with Gasteiger partial charge < -0.3 is 15.2 Å². The Hall–Kier alpha value is -2.94. The van der Waals surface area contributed by atoms with Gasteiger partial charge in [0.2, 0.25) is 11.7 Å². The van der Waals surface area contributed by atoms with Crippen molar-refractivity contribution < 1.29 is 4.52 Å². The number of benzene rings is 1. The summed E-state index contributed by atoms with van der Waals surface area (Å²) in [7, 11) is 1.75. The average molecular weight is 401 g/mol. The highest BCUT2D eigenvalue weighted by Crippen LogP contribution is 2.18. The minimum atomic E-state index is 0.264. The van der Waals surface area contributed by atoms with E-state index < -0.39 is 0 Å². The zero-order chi connectivity index (χ0) is 19.3. The molecule has 0 bridgehead atoms. The molecule has 9 nitrogen and oxygen atoms in total. The van der Waals surface area contributed by atoms with Gasteiger partial charge in [-0.15, -0.1) is 0 Å². The first-order valence-corrected chi connectivity index (χ1v) is 9.51. The van der Waals surface area contributed by atoms with Crippen molar-refractivity contribution in [2.75, 3.05) is 13.6 Å². The first-order valence-electron chi connectivity index (χ1n) is 9.13. The summed E-state index contributed by atoms with van der Waals surface area (Å²) in [4.78, 5) is 13.0. The number of rotatable bonds is 5. The van der Waals surface area contributed by atoms with E-state index in [4.69, 9.17) is 16.1 Å². The van der Waals surface area contributed by atoms with Crippen LogP contribution in [0.5, 0.6) is 0 Å². The first kappa shape index (κ1) is 18.4. The molecule has 0 fully saturated rings. The molecule has 2 aromatic heterocycles. The SMILES string of the molecule is CN=C(NCCc1nc(-c2ccc(Cl)cc2)no1)NC1CCc2ncnn2C1. The third kappa shape index (κ3) is 4.30. The molecule has 0 aliphatic carbocycles. The van der Waals surface area contributed by atoms with Crippen LogP contribution in [-0.2, 0) is 19.4 Å². The van der Waals surface area contributed by atoms with E-state index >= 15 is 0 Å². The van der Waals surface area contributed by atoms with E-state index in [1.165, 1.54) is 0 Å². The Bertz CT molecular complexity index is 949. The Morgan fingerprint density at radius 2 is 2.21 bits per heavy atom. The van der Waals surface area contributed by atoms with E-state index in [2.05, 4.69) is 35.8 Å². The number of nitrogens with one attached hydrogen (secondary N) is 2. The van der Waals surface area contributed by atoms with Gasteiger partial charge >= 0.3 is 0 Å². The van der Waals surface area contributed by atoms with Crippen LogP contribution in [0.25, 0.3) is 11.4 Å². The summed E-state index contributed by atoms with van der Waals surface area (Å²) in [5, 5.41) is 15.7. The van der Waals surface area contributed by atoms with Crippen molar-refractivity contribution in [1.29, 1.82) is 0 Å². The smallest absolute Gasteiger partial charge is 0.228 e. The Kier molecular flexibility index (Phi) is 5.52. The van der Waals surface area contributed by atoms with Crippen LogP contribution in [0, 0.1) is 0 Å². The maximum Gasteiger partial charge on any atom is 0.228 e. The molecule has 0 radical (unpaired) electrons. The van der Waals surface area contributed by atoms with Gasteiger partial charge in [0, 0.05) is 43.1 Å². The third-order valence-corrected chi connectivity index (χ3v) is 4.82. The van der Waals surface area contributed by atoms with Gasteiger partial charge in [-0.1, -0.05) is 16.8 Å². The quantitative estimate of drug-likeness (QED) is 0.496. The Morgan fingerprint density at radius 1 is 1.36 bits per heavy atom. The van der Waals surface area contributed by atoms with Gasteiger partial charge in [-0.05, 0) is 30.7 Å². The number of aryl methyl sites for hydroxylation is 1. The standard InChI is InChI=1S/C18H21ClN8O/c1-20-18(24-14-6-7-15-22-11-23-27(15)10-14)21-9-8-16-25-17(26-28-16)12-2-4-13(19)5-3-12/h2-5,11,14H,6-10H2,1H3,(H2,20,21,24). The lowest BCUT2D eigenvalue weighted by molar-refractivity contribution is 0.377. The van der Waals surface area contributed by atoms with Crippen LogP contribution in [0.1, 0.15) is 18.1 Å². The fraction of sp³-hybridized carbons (Fsp3) is 0.389. The molecule has 1 aliphatic rings. The van der Waals surface area contributed by atoms with E-state index in [0.29, 0.717) is 29.7 Å². The van der Waals surface area contributed by atoms with Crippen LogP contribution in [0.15, 0.2) is 40.1 Å². The number of guanidine groups is 1. The van der Waals surface area contributed by atoms with Crippen molar-refractivity contribution in [2.24, 2.45) is 4.99 Å². The largest absolute Gasteiger partial charge is 0.356 e. The normalized spacial score (nSPS) is 16.6. The molecule has 1 aliphatic heterocycles. The second-order valence-electron chi connectivity index (χ2n) is 6.51. The van der Waals surface area contributed by atoms with Crippen molar-refractivity contribution in [3.63, 3.8) is 0 Å². The van der Waals surface area contributed by atoms with Crippen molar-refractivity contribution in [1.82, 2.24) is 35.5 Å². The Labute approximate surface area is 167 Å². The topological polar surface area (TPSA) is 106 Å². The number of aromatic nitrogens is 5. The number of fused-ring (bicyclic) bond motifs is 1. The van der Waals surface area contributed by atoms with Gasteiger partial charge in [-0.2, -0.15) is 10.1 Å². The molecule has 28 heavy (non-hydrogen) atoms. The molecule has 146 valence electrons. The summed E-state index contributed by atoms with van der Waals surface area (Å²) in [6, 6.07) is 7.60. The van der Waals surface area contributed by atoms with Crippen LogP contribution in [-0.4, -0.2) is 50.5 Å². The molecule has 1 unspecified atom stereocenters. The minimum Gasteiger partial charge on any atom is -0.356 e. The fourth-order valence-corrected chi connectivity index (χ4v) is 3.23. The molecule has 0 saturated heterocycles. The molecule has 2 N–H and O–H groups in total. The summed E-state index contributed by atoms with van der Waals surface area (Å²) >= 11 is 5.91. The maximum atomic E-state index is 5.91. The summed E-state index contributed by atoms with van der Waals surface area (Å²) in [6.07, 6.45) is 4.10. The summed E-state index contributed by atoms with van der Waals surface area (Å²) < 4.78 is 7.27. The molecular weight excluding hydrogens is 380 g/mol. The molecular formula is C18H21ClN8O. The zero-order valence-corrected chi connectivity index (χ0v) is 16.2. The van der Waals surface area contributed by atoms with E-state index in [1.54, 1.807) is 25.5 Å². The lowest BCUT2D eigenvalue weighted by atomic mass is 10.1. The average Bonchev–Trinajstić information content (AvgIpc) is 3.37. The molecule has 0 saturated carbocycles. The number of hydrogen-bond acceptors (Lipinski definition) is 6. The first-order chi connectivity index (χ1) is 13.7. The molecule has 10 heteroatoms. The summed E-state index contributed by atoms with van der Waals surface area (Å²) in [5.41, 5.74) is 0.870. The predicted octanol–water partition coefficient (Wildman–Crippen LogP) is 1.70. The summed E-state index contributed by atoms with van der Waals surface area (Å²) in [6.45, 7) is 1.41. The van der Waals surface area contributed by atoms with Crippen molar-refractivity contribution in [3.05, 3.63) is 47.3 Å². The Balaban J connectivity index is 1.27. The van der Waals surface area contributed by atoms with E-state index in [9.17, 15) is 0 Å². The highest BCUT2D eigenvalue weighted by atomic mass is 35.5. The lowest BCUT2D eigenvalue weighted by Gasteiger charge is -2.25. The molecule has 3 heterocycles. The molecule has 3 aromatic rings. The van der Waals surface area contributed by atoms with Crippen LogP contribution >= 0.6 is 11.6 Å². The van der Waals surface area contributed by atoms with Gasteiger partial charge in [0.05, 0.1) is 6.54 Å². The number of halogens is 1. The highest BCUT2D eigenvalue weighted by molar-refractivity contribution is 6.30. The monoisotopic (exact) mass is 400 g/mol. The van der Waals surface area contributed by atoms with Crippen LogP contribution in [0.3, 0.4) is 0 Å². The molecule has 1 aromatic carbocycles. The second-order valence-corrected chi connectivity index (χ2v) is 6.94. The van der Waals surface area contributed by atoms with Crippen LogP contribution in [0.4, 0.5) is 0 Å². The third-order valence-electron chi connectivity index (χ3n) is 4.57. The second kappa shape index (κ2) is 8.39. The molecule has 0 amide bonds. The van der Waals surface area contributed by atoms with Crippen molar-refractivity contribution in [2.45, 2.75) is 31.8 Å². The number of hydrogen-bond donors (Lipinski definition) is 2. The van der Waals surface area contributed by atoms with Crippen LogP contribution in [0.2, 0.25) is 5.02 Å². The van der Waals surface area contributed by atoms with Gasteiger partial charge in [-0.25, -0.2) is 9.67 Å². The number of nitrogens with zero attached hydrogens (tertiary/aromatic N) is 6. The van der Waals surface area contributed by atoms with E-state index in [-0.39, 0.29) is 6.04 Å². The van der Waals surface area contributed by atoms with Gasteiger partial charge in [0.1, 0.15) is 12.2 Å². The van der Waals surface area contributed by atoms with E-state index in [1.807, 2.05) is 16.8 Å². The predicted molar refractivity (Wildman–Crippen MR) is 105 cm³/mol. The summed E-state index contributed by atoms with van der Waals surface area (Å²) in [5.74, 6) is 2.90. The lowest BCUT2D eigenvalue weighted by Crippen LogP contribution is -2.47. The van der Waals surface area contributed by atoms with Crippen molar-refractivity contribution in [3.8, 4) is 11.4 Å². The maximum absolute atomic E-state index is 5.91.